The quantitative estimate of drug-likeness (QED) is 0.122. The summed E-state index contributed by atoms with van der Waals surface area (Å²) in [4.78, 5) is 49.7. The first-order valence-electron chi connectivity index (χ1n) is 11.3. The van der Waals surface area contributed by atoms with Crippen LogP contribution < -0.4 is 9.47 Å². The predicted octanol–water partition coefficient (Wildman–Crippen LogP) is 5.76. The summed E-state index contributed by atoms with van der Waals surface area (Å²) in [7, 11) is 0. The molecule has 2 amide bonds. The number of non-ortho nitro benzene ring substituents is 1. The largest absolute Gasteiger partial charge is 0.490 e. The van der Waals surface area contributed by atoms with Crippen LogP contribution in [-0.4, -0.2) is 33.5 Å². The first kappa shape index (κ1) is 25.6. The molecule has 1 aliphatic heterocycles. The Kier molecular flexibility index (Phi) is 7.69. The van der Waals surface area contributed by atoms with Gasteiger partial charge in [-0.2, -0.15) is 0 Å². The molecule has 0 radical (unpaired) electrons. The predicted molar refractivity (Wildman–Crippen MR) is 138 cm³/mol. The van der Waals surface area contributed by atoms with Crippen LogP contribution in [0.3, 0.4) is 0 Å². The van der Waals surface area contributed by atoms with Crippen LogP contribution >= 0.6 is 11.8 Å². The zero-order chi connectivity index (χ0) is 26.5. The number of hydrogen-bond donors (Lipinski definition) is 0. The Morgan fingerprint density at radius 2 is 1.81 bits per heavy atom. The topological polar surface area (TPSA) is 116 Å². The minimum Gasteiger partial charge on any atom is -0.490 e. The van der Waals surface area contributed by atoms with E-state index in [0.29, 0.717) is 12.2 Å². The van der Waals surface area contributed by atoms with Crippen LogP contribution in [0.25, 0.3) is 6.08 Å². The van der Waals surface area contributed by atoms with E-state index in [0.717, 1.165) is 22.9 Å². The van der Waals surface area contributed by atoms with Gasteiger partial charge in [-0.15, -0.1) is 0 Å². The maximum absolute atomic E-state index is 12.9. The van der Waals surface area contributed by atoms with E-state index in [-0.39, 0.29) is 45.3 Å². The Morgan fingerprint density at radius 1 is 1.05 bits per heavy atom. The van der Waals surface area contributed by atoms with E-state index >= 15 is 0 Å². The lowest BCUT2D eigenvalue weighted by Gasteiger charge is -2.13. The first-order valence-corrected chi connectivity index (χ1v) is 12.1. The number of hydrogen-bond acceptors (Lipinski definition) is 8. The van der Waals surface area contributed by atoms with Crippen molar-refractivity contribution in [3.05, 3.63) is 104 Å². The van der Waals surface area contributed by atoms with Gasteiger partial charge in [0, 0.05) is 12.1 Å². The molecule has 1 saturated heterocycles. The van der Waals surface area contributed by atoms with Crippen molar-refractivity contribution in [3.63, 3.8) is 0 Å². The van der Waals surface area contributed by atoms with Crippen molar-refractivity contribution in [2.24, 2.45) is 0 Å². The average Bonchev–Trinajstić information content (AvgIpc) is 3.13. The Labute approximate surface area is 216 Å². The van der Waals surface area contributed by atoms with Crippen molar-refractivity contribution in [2.75, 3.05) is 6.61 Å². The Balaban J connectivity index is 1.52. The lowest BCUT2D eigenvalue weighted by atomic mass is 10.1. The van der Waals surface area contributed by atoms with E-state index in [4.69, 9.17) is 9.47 Å². The molecule has 0 unspecified atom stereocenters. The SMILES string of the molecule is CCOc1cc(/C=C2\SC(=O)N(Cc3cccc(C)c3)C2=O)ccc1OC(=O)c1ccc([N+](=O)[O-])cc1. The molecule has 3 aromatic rings. The molecule has 0 N–H and O–H groups in total. The third-order valence-electron chi connectivity index (χ3n) is 5.38. The highest BCUT2D eigenvalue weighted by molar-refractivity contribution is 8.18. The van der Waals surface area contributed by atoms with Crippen molar-refractivity contribution in [2.45, 2.75) is 20.4 Å². The van der Waals surface area contributed by atoms with E-state index < -0.39 is 10.9 Å². The second kappa shape index (κ2) is 11.1. The number of esters is 1. The van der Waals surface area contributed by atoms with E-state index in [9.17, 15) is 24.5 Å². The fraction of sp³-hybridized carbons (Fsp3) is 0.148. The van der Waals surface area contributed by atoms with Gasteiger partial charge in [0.15, 0.2) is 11.5 Å². The van der Waals surface area contributed by atoms with Crippen LogP contribution in [0, 0.1) is 17.0 Å². The van der Waals surface area contributed by atoms with Crippen molar-refractivity contribution in [1.82, 2.24) is 4.90 Å². The highest BCUT2D eigenvalue weighted by atomic mass is 32.2. The van der Waals surface area contributed by atoms with Crippen molar-refractivity contribution < 1.29 is 28.8 Å². The molecule has 0 spiro atoms. The number of benzene rings is 3. The number of nitrogens with zero attached hydrogens (tertiary/aromatic N) is 2. The summed E-state index contributed by atoms with van der Waals surface area (Å²) < 4.78 is 11.1. The molecule has 4 rings (SSSR count). The molecule has 0 atom stereocenters. The molecule has 0 saturated carbocycles. The lowest BCUT2D eigenvalue weighted by molar-refractivity contribution is -0.384. The summed E-state index contributed by atoms with van der Waals surface area (Å²) in [6, 6.07) is 17.4. The molecule has 1 aliphatic rings. The maximum Gasteiger partial charge on any atom is 0.343 e. The minimum absolute atomic E-state index is 0.138. The fourth-order valence-electron chi connectivity index (χ4n) is 3.63. The van der Waals surface area contributed by atoms with Crippen LogP contribution in [-0.2, 0) is 11.3 Å². The molecule has 9 nitrogen and oxygen atoms in total. The van der Waals surface area contributed by atoms with Crippen LogP contribution in [0.1, 0.15) is 34.0 Å². The molecule has 3 aromatic carbocycles. The highest BCUT2D eigenvalue weighted by Crippen LogP contribution is 2.35. The summed E-state index contributed by atoms with van der Waals surface area (Å²) in [5, 5.41) is 10.5. The fourth-order valence-corrected chi connectivity index (χ4v) is 4.46. The second-order valence-electron chi connectivity index (χ2n) is 8.09. The Hall–Kier alpha value is -4.44. The van der Waals surface area contributed by atoms with Gasteiger partial charge in [-0.1, -0.05) is 35.9 Å². The number of thioether (sulfide) groups is 1. The zero-order valence-electron chi connectivity index (χ0n) is 20.0. The number of amides is 2. The summed E-state index contributed by atoms with van der Waals surface area (Å²) in [6.45, 7) is 4.19. The third kappa shape index (κ3) is 6.04. The van der Waals surface area contributed by atoms with E-state index in [1.807, 2.05) is 31.2 Å². The van der Waals surface area contributed by atoms with Crippen molar-refractivity contribution >= 4 is 40.6 Å². The van der Waals surface area contributed by atoms with Gasteiger partial charge in [-0.25, -0.2) is 4.79 Å². The smallest absolute Gasteiger partial charge is 0.343 e. The molecule has 0 aromatic heterocycles. The van der Waals surface area contributed by atoms with Gasteiger partial charge in [-0.05, 0) is 67.1 Å². The van der Waals surface area contributed by atoms with Gasteiger partial charge >= 0.3 is 5.97 Å². The van der Waals surface area contributed by atoms with Gasteiger partial charge in [0.1, 0.15) is 0 Å². The first-order chi connectivity index (χ1) is 17.7. The number of carbonyl (C=O) groups is 3. The number of rotatable bonds is 8. The standard InChI is InChI=1S/C27H22N2O7S/c1-3-35-23-14-18(7-12-22(23)36-26(31)20-8-10-21(11-9-20)29(33)34)15-24-25(30)28(27(32)37-24)16-19-6-4-5-17(2)13-19/h4-15H,3,16H2,1-2H3/b24-15-. The van der Waals surface area contributed by atoms with E-state index in [1.165, 1.54) is 35.2 Å². The van der Waals surface area contributed by atoms with E-state index in [1.54, 1.807) is 25.1 Å². The van der Waals surface area contributed by atoms with Crippen LogP contribution in [0.5, 0.6) is 11.5 Å². The highest BCUT2D eigenvalue weighted by Gasteiger charge is 2.35. The van der Waals surface area contributed by atoms with Gasteiger partial charge in [0.2, 0.25) is 0 Å². The number of carbonyl (C=O) groups excluding carboxylic acids is 3. The molecule has 0 aliphatic carbocycles. The third-order valence-corrected chi connectivity index (χ3v) is 6.29. The monoisotopic (exact) mass is 518 g/mol. The molecule has 1 heterocycles. The lowest BCUT2D eigenvalue weighted by Crippen LogP contribution is -2.27. The normalized spacial score (nSPS) is 14.2. The minimum atomic E-state index is -0.708. The summed E-state index contributed by atoms with van der Waals surface area (Å²) in [5.41, 5.74) is 2.48. The molecular weight excluding hydrogens is 496 g/mol. The number of imide groups is 1. The van der Waals surface area contributed by atoms with E-state index in [2.05, 4.69) is 0 Å². The van der Waals surface area contributed by atoms with Crippen LogP contribution in [0.4, 0.5) is 10.5 Å². The van der Waals surface area contributed by atoms with Crippen LogP contribution in [0.2, 0.25) is 0 Å². The van der Waals surface area contributed by atoms with Crippen LogP contribution in [0.15, 0.2) is 71.6 Å². The van der Waals surface area contributed by atoms with Gasteiger partial charge in [0.25, 0.3) is 16.8 Å². The molecule has 0 bridgehead atoms. The molecule has 188 valence electrons. The van der Waals surface area contributed by atoms with Gasteiger partial charge < -0.3 is 9.47 Å². The number of nitro benzene ring substituents is 1. The number of ether oxygens (including phenoxy) is 2. The number of nitro groups is 1. The molecule has 1 fully saturated rings. The Bertz CT molecular complexity index is 1420. The molecule has 37 heavy (non-hydrogen) atoms. The summed E-state index contributed by atoms with van der Waals surface area (Å²) >= 11 is 0.859. The number of aryl methyl sites for hydroxylation is 1. The van der Waals surface area contributed by atoms with Gasteiger partial charge in [0.05, 0.1) is 28.5 Å². The van der Waals surface area contributed by atoms with Crippen molar-refractivity contribution in [3.8, 4) is 11.5 Å². The maximum atomic E-state index is 12.9. The Morgan fingerprint density at radius 3 is 2.49 bits per heavy atom. The van der Waals surface area contributed by atoms with Gasteiger partial charge in [-0.3, -0.25) is 24.6 Å². The summed E-state index contributed by atoms with van der Waals surface area (Å²) in [5.74, 6) is -0.676. The zero-order valence-corrected chi connectivity index (χ0v) is 20.8. The summed E-state index contributed by atoms with van der Waals surface area (Å²) in [6.07, 6.45) is 1.59. The molecule has 10 heteroatoms. The average molecular weight is 519 g/mol. The second-order valence-corrected chi connectivity index (χ2v) is 9.08. The molecular formula is C27H22N2O7S. The van der Waals surface area contributed by atoms with Crippen molar-refractivity contribution in [1.29, 1.82) is 0 Å².